The molecule has 2 atom stereocenters. The minimum Gasteiger partial charge on any atom is -0.497 e. The molecule has 0 aliphatic carbocycles. The first kappa shape index (κ1) is 17.0. The van der Waals surface area contributed by atoms with E-state index in [1.54, 1.807) is 7.11 Å². The molecule has 1 rings (SSSR count). The van der Waals surface area contributed by atoms with Crippen molar-refractivity contribution in [1.29, 1.82) is 0 Å². The van der Waals surface area contributed by atoms with Crippen LogP contribution in [-0.4, -0.2) is 44.7 Å². The van der Waals surface area contributed by atoms with Gasteiger partial charge < -0.3 is 15.0 Å². The smallest absolute Gasteiger partial charge is 0.118 e. The van der Waals surface area contributed by atoms with Gasteiger partial charge in [-0.3, -0.25) is 0 Å². The number of rotatable bonds is 8. The van der Waals surface area contributed by atoms with Crippen LogP contribution in [0.15, 0.2) is 24.3 Å². The zero-order chi connectivity index (χ0) is 15.2. The van der Waals surface area contributed by atoms with Gasteiger partial charge in [0.2, 0.25) is 0 Å². The Labute approximate surface area is 124 Å². The Bertz CT molecular complexity index is 388. The molecule has 1 aromatic rings. The number of likely N-dealkylation sites (N-methyl/N-ethyl adjacent to an activating group) is 2. The first-order valence-corrected chi connectivity index (χ1v) is 7.45. The van der Waals surface area contributed by atoms with Crippen LogP contribution < -0.4 is 10.1 Å². The van der Waals surface area contributed by atoms with Gasteiger partial charge in [0.1, 0.15) is 5.75 Å². The van der Waals surface area contributed by atoms with Crippen LogP contribution >= 0.6 is 0 Å². The lowest BCUT2D eigenvalue weighted by atomic mass is 9.84. The molecule has 1 N–H and O–H groups in total. The van der Waals surface area contributed by atoms with Gasteiger partial charge in [0.05, 0.1) is 7.11 Å². The van der Waals surface area contributed by atoms with Crippen LogP contribution in [-0.2, 0) is 6.42 Å². The van der Waals surface area contributed by atoms with E-state index in [0.29, 0.717) is 6.04 Å². The maximum Gasteiger partial charge on any atom is 0.118 e. The molecule has 0 bridgehead atoms. The highest BCUT2D eigenvalue weighted by Crippen LogP contribution is 2.24. The number of benzene rings is 1. The molecule has 0 fully saturated rings. The topological polar surface area (TPSA) is 24.5 Å². The van der Waals surface area contributed by atoms with E-state index in [9.17, 15) is 0 Å². The van der Waals surface area contributed by atoms with Gasteiger partial charge in [-0.05, 0) is 65.0 Å². The van der Waals surface area contributed by atoms with Gasteiger partial charge in [-0.2, -0.15) is 0 Å². The Balaban J connectivity index is 2.68. The molecule has 0 spiro atoms. The molecule has 3 heteroatoms. The van der Waals surface area contributed by atoms with E-state index in [0.717, 1.165) is 25.0 Å². The van der Waals surface area contributed by atoms with Gasteiger partial charge >= 0.3 is 0 Å². The first-order valence-electron chi connectivity index (χ1n) is 7.45. The van der Waals surface area contributed by atoms with E-state index in [-0.39, 0.29) is 5.54 Å². The Hall–Kier alpha value is -1.06. The summed E-state index contributed by atoms with van der Waals surface area (Å²) in [6, 6.07) is 8.86. The van der Waals surface area contributed by atoms with Gasteiger partial charge in [0.15, 0.2) is 0 Å². The number of nitrogens with one attached hydrogen (secondary N) is 1. The zero-order valence-electron chi connectivity index (χ0n) is 13.9. The van der Waals surface area contributed by atoms with Gasteiger partial charge in [0.25, 0.3) is 0 Å². The predicted molar refractivity (Wildman–Crippen MR) is 86.5 cm³/mol. The van der Waals surface area contributed by atoms with Crippen LogP contribution in [0.3, 0.4) is 0 Å². The van der Waals surface area contributed by atoms with Crippen LogP contribution in [0.1, 0.15) is 32.3 Å². The van der Waals surface area contributed by atoms with Crippen molar-refractivity contribution in [2.75, 3.05) is 28.3 Å². The van der Waals surface area contributed by atoms with Gasteiger partial charge in [-0.25, -0.2) is 0 Å². The summed E-state index contributed by atoms with van der Waals surface area (Å²) in [6.45, 7) is 4.60. The van der Waals surface area contributed by atoms with E-state index in [2.05, 4.69) is 57.3 Å². The first-order chi connectivity index (χ1) is 9.47. The maximum absolute atomic E-state index is 5.20. The summed E-state index contributed by atoms with van der Waals surface area (Å²) < 4.78 is 5.20. The fourth-order valence-corrected chi connectivity index (χ4v) is 2.74. The molecular formula is C17H30N2O. The summed E-state index contributed by atoms with van der Waals surface area (Å²) in [5, 5.41) is 3.50. The summed E-state index contributed by atoms with van der Waals surface area (Å²) in [4.78, 5) is 2.34. The molecular weight excluding hydrogens is 248 g/mol. The van der Waals surface area contributed by atoms with Crippen molar-refractivity contribution in [2.45, 2.75) is 44.7 Å². The minimum atomic E-state index is 0.182. The molecule has 20 heavy (non-hydrogen) atoms. The molecule has 2 unspecified atom stereocenters. The van der Waals surface area contributed by atoms with Crippen LogP contribution in [0.5, 0.6) is 5.75 Å². The zero-order valence-corrected chi connectivity index (χ0v) is 13.9. The predicted octanol–water partition coefficient (Wildman–Crippen LogP) is 2.95. The van der Waals surface area contributed by atoms with Crippen molar-refractivity contribution in [3.8, 4) is 5.75 Å². The lowest BCUT2D eigenvalue weighted by Crippen LogP contribution is -2.56. The Morgan fingerprint density at radius 3 is 2.25 bits per heavy atom. The highest BCUT2D eigenvalue weighted by Gasteiger charge is 2.33. The Morgan fingerprint density at radius 2 is 1.85 bits per heavy atom. The summed E-state index contributed by atoms with van der Waals surface area (Å²) in [5.41, 5.74) is 1.55. The van der Waals surface area contributed by atoms with Crippen molar-refractivity contribution in [2.24, 2.45) is 0 Å². The molecule has 0 aliphatic rings. The molecule has 0 saturated heterocycles. The van der Waals surface area contributed by atoms with Gasteiger partial charge in [0, 0.05) is 11.6 Å². The minimum absolute atomic E-state index is 0.182. The van der Waals surface area contributed by atoms with Crippen LogP contribution in [0.4, 0.5) is 0 Å². The molecule has 0 radical (unpaired) electrons. The number of nitrogens with zero attached hydrogens (tertiary/aromatic N) is 1. The number of hydrogen-bond donors (Lipinski definition) is 1. The van der Waals surface area contributed by atoms with E-state index < -0.39 is 0 Å². The van der Waals surface area contributed by atoms with E-state index in [1.807, 2.05) is 12.1 Å². The molecule has 1 aromatic carbocycles. The second kappa shape index (κ2) is 7.65. The highest BCUT2D eigenvalue weighted by atomic mass is 16.5. The van der Waals surface area contributed by atoms with E-state index in [1.165, 1.54) is 5.56 Å². The Kier molecular flexibility index (Phi) is 6.50. The lowest BCUT2D eigenvalue weighted by Gasteiger charge is -2.42. The second-order valence-electron chi connectivity index (χ2n) is 5.83. The average molecular weight is 278 g/mol. The number of methoxy groups -OCH3 is 1. The number of hydrogen-bond acceptors (Lipinski definition) is 3. The summed E-state index contributed by atoms with van der Waals surface area (Å²) in [5.74, 6) is 0.922. The standard InChI is InChI=1S/C17H30N2O/c1-7-17(2,19(4)5)16(18-3)13-10-14-8-11-15(20-6)12-9-14/h8-9,11-12,16,18H,7,10,13H2,1-6H3. The summed E-state index contributed by atoms with van der Waals surface area (Å²) in [6.07, 6.45) is 3.35. The second-order valence-corrected chi connectivity index (χ2v) is 5.83. The van der Waals surface area contributed by atoms with Crippen molar-refractivity contribution >= 4 is 0 Å². The summed E-state index contributed by atoms with van der Waals surface area (Å²) >= 11 is 0. The molecule has 0 saturated carbocycles. The molecule has 0 amide bonds. The molecule has 3 nitrogen and oxygen atoms in total. The third kappa shape index (κ3) is 3.97. The molecule has 114 valence electrons. The van der Waals surface area contributed by atoms with E-state index in [4.69, 9.17) is 4.74 Å². The normalized spacial score (nSPS) is 15.9. The molecule has 0 aromatic heterocycles. The molecule has 0 heterocycles. The van der Waals surface area contributed by atoms with Crippen LogP contribution in [0.25, 0.3) is 0 Å². The number of ether oxygens (including phenoxy) is 1. The van der Waals surface area contributed by atoms with Crippen molar-refractivity contribution in [3.05, 3.63) is 29.8 Å². The third-order valence-corrected chi connectivity index (χ3v) is 4.72. The molecule has 0 aliphatic heterocycles. The van der Waals surface area contributed by atoms with Gasteiger partial charge in [-0.15, -0.1) is 0 Å². The fraction of sp³-hybridized carbons (Fsp3) is 0.647. The Morgan fingerprint density at radius 1 is 1.25 bits per heavy atom. The van der Waals surface area contributed by atoms with Crippen LogP contribution in [0.2, 0.25) is 0 Å². The fourth-order valence-electron chi connectivity index (χ4n) is 2.74. The van der Waals surface area contributed by atoms with E-state index >= 15 is 0 Å². The van der Waals surface area contributed by atoms with Crippen molar-refractivity contribution < 1.29 is 4.74 Å². The highest BCUT2D eigenvalue weighted by molar-refractivity contribution is 5.27. The van der Waals surface area contributed by atoms with Crippen molar-refractivity contribution in [3.63, 3.8) is 0 Å². The number of aryl methyl sites for hydroxylation is 1. The lowest BCUT2D eigenvalue weighted by molar-refractivity contribution is 0.112. The third-order valence-electron chi connectivity index (χ3n) is 4.72. The average Bonchev–Trinajstić information content (AvgIpc) is 2.47. The monoisotopic (exact) mass is 278 g/mol. The summed E-state index contributed by atoms with van der Waals surface area (Å²) in [7, 11) is 8.11. The van der Waals surface area contributed by atoms with Crippen molar-refractivity contribution in [1.82, 2.24) is 10.2 Å². The maximum atomic E-state index is 5.20. The SMILES string of the molecule is CCC(C)(C(CCc1ccc(OC)cc1)NC)N(C)C. The van der Waals surface area contributed by atoms with Crippen LogP contribution in [0, 0.1) is 0 Å². The largest absolute Gasteiger partial charge is 0.497 e. The quantitative estimate of drug-likeness (QED) is 0.791. The van der Waals surface area contributed by atoms with Gasteiger partial charge in [-0.1, -0.05) is 19.1 Å².